The van der Waals surface area contributed by atoms with Crippen molar-refractivity contribution in [3.8, 4) is 22.3 Å². The van der Waals surface area contributed by atoms with Gasteiger partial charge in [-0.3, -0.25) is 0 Å². The van der Waals surface area contributed by atoms with E-state index in [0.29, 0.717) is 5.02 Å². The van der Waals surface area contributed by atoms with Crippen LogP contribution in [0.5, 0.6) is 0 Å². The highest BCUT2D eigenvalue weighted by Gasteiger charge is 2.14. The number of aliphatic imine (C=N–C) groups is 1. The molecular formula is C27H24ClN3O2S. The molecular weight excluding hydrogens is 466 g/mol. The Morgan fingerprint density at radius 3 is 2.15 bits per heavy atom. The van der Waals surface area contributed by atoms with Crippen LogP contribution in [0.4, 0.5) is 0 Å². The summed E-state index contributed by atoms with van der Waals surface area (Å²) in [5.41, 5.74) is 12.2. The predicted octanol–water partition coefficient (Wildman–Crippen LogP) is 5.78. The van der Waals surface area contributed by atoms with Gasteiger partial charge in [-0.15, -0.1) is 0 Å². The van der Waals surface area contributed by atoms with Crippen molar-refractivity contribution in [2.24, 2.45) is 10.7 Å². The number of halogens is 1. The highest BCUT2D eigenvalue weighted by Crippen LogP contribution is 2.34. The van der Waals surface area contributed by atoms with Crippen LogP contribution >= 0.6 is 11.6 Å². The van der Waals surface area contributed by atoms with E-state index in [2.05, 4.69) is 40.9 Å². The zero-order valence-corrected chi connectivity index (χ0v) is 20.1. The molecule has 0 heterocycles. The molecule has 4 rings (SSSR count). The lowest BCUT2D eigenvalue weighted by Gasteiger charge is -2.13. The second-order valence-corrected chi connectivity index (χ2v) is 9.99. The first-order chi connectivity index (χ1) is 16.3. The summed E-state index contributed by atoms with van der Waals surface area (Å²) in [5.74, 6) is -0.167. The highest BCUT2D eigenvalue weighted by molar-refractivity contribution is 7.90. The van der Waals surface area contributed by atoms with Crippen molar-refractivity contribution in [2.45, 2.75) is 18.4 Å². The minimum Gasteiger partial charge on any atom is -0.369 e. The molecule has 0 aliphatic rings. The molecule has 0 bridgehead atoms. The van der Waals surface area contributed by atoms with Gasteiger partial charge in [-0.05, 0) is 65.1 Å². The van der Waals surface area contributed by atoms with Gasteiger partial charge in [-0.2, -0.15) is 0 Å². The molecule has 34 heavy (non-hydrogen) atoms. The van der Waals surface area contributed by atoms with Crippen molar-refractivity contribution in [1.29, 1.82) is 0 Å². The Kier molecular flexibility index (Phi) is 7.01. The van der Waals surface area contributed by atoms with Crippen LogP contribution in [0.25, 0.3) is 22.3 Å². The monoisotopic (exact) mass is 489 g/mol. The standard InChI is InChI=1S/C27H24ClN3O2S/c1-19-7-10-21(11-8-19)25-16-9-20(17-26(25)22-12-14-23(28)15-13-22)18-30-27(29)31-34(32,33)24-5-3-2-4-6-24/h2-17H,18H2,1H3,(H3,29,30,31). The van der Waals surface area contributed by atoms with Crippen molar-refractivity contribution in [3.05, 3.63) is 113 Å². The fraction of sp³-hybridized carbons (Fsp3) is 0.0741. The van der Waals surface area contributed by atoms with E-state index in [1.54, 1.807) is 18.2 Å². The summed E-state index contributed by atoms with van der Waals surface area (Å²) < 4.78 is 27.2. The third-order valence-corrected chi connectivity index (χ3v) is 6.95. The van der Waals surface area contributed by atoms with Crippen LogP contribution in [0.3, 0.4) is 0 Å². The summed E-state index contributed by atoms with van der Waals surface area (Å²) >= 11 is 6.10. The molecule has 0 amide bonds. The van der Waals surface area contributed by atoms with Crippen molar-refractivity contribution in [3.63, 3.8) is 0 Å². The normalized spacial score (nSPS) is 11.9. The summed E-state index contributed by atoms with van der Waals surface area (Å²) in [5, 5.41) is 0.667. The summed E-state index contributed by atoms with van der Waals surface area (Å²) in [7, 11) is -3.78. The molecule has 0 aromatic heterocycles. The van der Waals surface area contributed by atoms with Crippen molar-refractivity contribution >= 4 is 27.6 Å². The molecule has 5 nitrogen and oxygen atoms in total. The fourth-order valence-corrected chi connectivity index (χ4v) is 4.65. The van der Waals surface area contributed by atoms with Crippen molar-refractivity contribution in [1.82, 2.24) is 4.72 Å². The lowest BCUT2D eigenvalue weighted by Crippen LogP contribution is -2.36. The minimum atomic E-state index is -3.78. The molecule has 0 radical (unpaired) electrons. The molecule has 4 aromatic carbocycles. The van der Waals surface area contributed by atoms with Crippen molar-refractivity contribution < 1.29 is 8.42 Å². The molecule has 3 N–H and O–H groups in total. The molecule has 172 valence electrons. The van der Waals surface area contributed by atoms with E-state index in [9.17, 15) is 8.42 Å². The van der Waals surface area contributed by atoms with E-state index in [0.717, 1.165) is 27.8 Å². The molecule has 0 saturated carbocycles. The maximum absolute atomic E-state index is 12.5. The predicted molar refractivity (Wildman–Crippen MR) is 139 cm³/mol. The largest absolute Gasteiger partial charge is 0.369 e. The van der Waals surface area contributed by atoms with Gasteiger partial charge in [0.15, 0.2) is 0 Å². The van der Waals surface area contributed by atoms with E-state index in [1.165, 1.54) is 17.7 Å². The van der Waals surface area contributed by atoms with Gasteiger partial charge in [0.2, 0.25) is 5.96 Å². The van der Waals surface area contributed by atoms with Gasteiger partial charge in [0, 0.05) is 5.02 Å². The van der Waals surface area contributed by atoms with Crippen LogP contribution in [0, 0.1) is 6.92 Å². The number of hydrogen-bond acceptors (Lipinski definition) is 3. The number of benzene rings is 4. The van der Waals surface area contributed by atoms with Crippen LogP contribution in [0.1, 0.15) is 11.1 Å². The second-order valence-electron chi connectivity index (χ2n) is 7.87. The van der Waals surface area contributed by atoms with Gasteiger partial charge in [0.05, 0.1) is 11.4 Å². The average Bonchev–Trinajstić information content (AvgIpc) is 2.84. The maximum atomic E-state index is 12.5. The number of nitrogens with zero attached hydrogens (tertiary/aromatic N) is 1. The quantitative estimate of drug-likeness (QED) is 0.266. The van der Waals surface area contributed by atoms with E-state index >= 15 is 0 Å². The minimum absolute atomic E-state index is 0.126. The highest BCUT2D eigenvalue weighted by atomic mass is 35.5. The molecule has 0 spiro atoms. The number of nitrogens with one attached hydrogen (secondary N) is 1. The Morgan fingerprint density at radius 2 is 1.47 bits per heavy atom. The van der Waals surface area contributed by atoms with Gasteiger partial charge in [-0.25, -0.2) is 18.1 Å². The Hall–Kier alpha value is -3.61. The molecule has 0 saturated heterocycles. The lowest BCUT2D eigenvalue weighted by molar-refractivity contribution is 0.592. The SMILES string of the molecule is Cc1ccc(-c2ccc(CN=C(N)NS(=O)(=O)c3ccccc3)cc2-c2ccc(Cl)cc2)cc1. The first-order valence-corrected chi connectivity index (χ1v) is 12.5. The van der Waals surface area contributed by atoms with Crippen LogP contribution in [0.15, 0.2) is 107 Å². The molecule has 0 aliphatic heterocycles. The number of rotatable bonds is 6. The smallest absolute Gasteiger partial charge is 0.264 e. The number of guanidine groups is 1. The van der Waals surface area contributed by atoms with E-state index in [4.69, 9.17) is 17.3 Å². The molecule has 0 unspecified atom stereocenters. The Labute approximate surface area is 205 Å². The van der Waals surface area contributed by atoms with Crippen LogP contribution in [-0.4, -0.2) is 14.4 Å². The van der Waals surface area contributed by atoms with E-state index < -0.39 is 10.0 Å². The second kappa shape index (κ2) is 10.1. The number of nitrogens with two attached hydrogens (primary N) is 1. The van der Waals surface area contributed by atoms with Crippen LogP contribution in [-0.2, 0) is 16.6 Å². The molecule has 0 fully saturated rings. The molecule has 4 aromatic rings. The molecule has 0 aliphatic carbocycles. The average molecular weight is 490 g/mol. The number of sulfonamides is 1. The summed E-state index contributed by atoms with van der Waals surface area (Å²) in [6, 6.07) is 30.1. The van der Waals surface area contributed by atoms with E-state index in [-0.39, 0.29) is 17.4 Å². The van der Waals surface area contributed by atoms with Gasteiger partial charge < -0.3 is 5.73 Å². The van der Waals surface area contributed by atoms with Gasteiger partial charge in [0.25, 0.3) is 10.0 Å². The number of hydrogen-bond donors (Lipinski definition) is 2. The first-order valence-electron chi connectivity index (χ1n) is 10.7. The zero-order valence-electron chi connectivity index (χ0n) is 18.6. The van der Waals surface area contributed by atoms with E-state index in [1.807, 2.05) is 42.5 Å². The van der Waals surface area contributed by atoms with Crippen LogP contribution < -0.4 is 10.5 Å². The third kappa shape index (κ3) is 5.65. The molecule has 7 heteroatoms. The Morgan fingerprint density at radius 1 is 0.853 bits per heavy atom. The fourth-order valence-electron chi connectivity index (χ4n) is 3.55. The Bertz CT molecular complexity index is 1420. The number of aryl methyl sites for hydroxylation is 1. The topological polar surface area (TPSA) is 84.5 Å². The first kappa shape index (κ1) is 23.5. The maximum Gasteiger partial charge on any atom is 0.264 e. The van der Waals surface area contributed by atoms with Gasteiger partial charge >= 0.3 is 0 Å². The summed E-state index contributed by atoms with van der Waals surface area (Å²) in [4.78, 5) is 4.38. The van der Waals surface area contributed by atoms with Gasteiger partial charge in [0.1, 0.15) is 0 Å². The zero-order chi connectivity index (χ0) is 24.1. The Balaban J connectivity index is 1.63. The molecule has 0 atom stereocenters. The van der Waals surface area contributed by atoms with Crippen molar-refractivity contribution in [2.75, 3.05) is 0 Å². The van der Waals surface area contributed by atoms with Gasteiger partial charge in [-0.1, -0.05) is 83.9 Å². The van der Waals surface area contributed by atoms with Crippen LogP contribution in [0.2, 0.25) is 5.02 Å². The summed E-state index contributed by atoms with van der Waals surface area (Å²) in [6.07, 6.45) is 0. The third-order valence-electron chi connectivity index (χ3n) is 5.33. The lowest BCUT2D eigenvalue weighted by atomic mass is 9.92. The summed E-state index contributed by atoms with van der Waals surface area (Å²) in [6.45, 7) is 2.28.